The molecule has 4 atom stereocenters. The molecule has 3 rings (SSSR count). The molecular formula is C21H23ClO5. The van der Waals surface area contributed by atoms with Crippen LogP contribution in [0.1, 0.15) is 24.3 Å². The minimum atomic E-state index is -1.15. The Morgan fingerprint density at radius 1 is 1.19 bits per heavy atom. The molecule has 0 aromatic heterocycles. The third-order valence-electron chi connectivity index (χ3n) is 5.23. The van der Waals surface area contributed by atoms with Crippen LogP contribution in [-0.2, 0) is 20.7 Å². The van der Waals surface area contributed by atoms with Crippen LogP contribution in [0, 0.1) is 11.3 Å². The maximum Gasteiger partial charge on any atom is 0.310 e. The summed E-state index contributed by atoms with van der Waals surface area (Å²) >= 11 is 6.22. The number of hydrogen-bond donors (Lipinski definition) is 2. The molecule has 0 saturated carbocycles. The highest BCUT2D eigenvalue weighted by Crippen LogP contribution is 2.42. The molecule has 1 saturated heterocycles. The first-order valence-electron chi connectivity index (χ1n) is 8.85. The van der Waals surface area contributed by atoms with Crippen LogP contribution in [0.15, 0.2) is 54.6 Å². The molecule has 27 heavy (non-hydrogen) atoms. The number of carbonyl (C=O) groups is 1. The molecular weight excluding hydrogens is 368 g/mol. The van der Waals surface area contributed by atoms with E-state index in [2.05, 4.69) is 0 Å². The van der Waals surface area contributed by atoms with Gasteiger partial charge in [-0.05, 0) is 25.0 Å². The Labute approximate surface area is 163 Å². The fourth-order valence-electron chi connectivity index (χ4n) is 3.57. The zero-order valence-electron chi connectivity index (χ0n) is 15.0. The van der Waals surface area contributed by atoms with Crippen molar-refractivity contribution in [3.05, 3.63) is 70.7 Å². The van der Waals surface area contributed by atoms with Gasteiger partial charge in [0.15, 0.2) is 6.29 Å². The average Bonchev–Trinajstić information content (AvgIpc) is 2.68. The van der Waals surface area contributed by atoms with Crippen molar-refractivity contribution in [2.75, 3.05) is 13.2 Å². The smallest absolute Gasteiger partial charge is 0.310 e. The highest BCUT2D eigenvalue weighted by molar-refractivity contribution is 6.31. The van der Waals surface area contributed by atoms with Gasteiger partial charge in [-0.2, -0.15) is 0 Å². The Hall–Kier alpha value is -1.92. The van der Waals surface area contributed by atoms with Gasteiger partial charge in [-0.3, -0.25) is 4.79 Å². The number of carboxylic acid groups (broad SMARTS) is 1. The molecule has 2 N–H and O–H groups in total. The maximum atomic E-state index is 12.2. The number of carboxylic acids is 1. The van der Waals surface area contributed by atoms with Gasteiger partial charge in [0.1, 0.15) is 0 Å². The third kappa shape index (κ3) is 4.17. The van der Waals surface area contributed by atoms with Gasteiger partial charge in [0.05, 0.1) is 24.7 Å². The minimum Gasteiger partial charge on any atom is -0.481 e. The summed E-state index contributed by atoms with van der Waals surface area (Å²) in [5.41, 5.74) is 0.420. The van der Waals surface area contributed by atoms with E-state index < -0.39 is 29.7 Å². The highest BCUT2D eigenvalue weighted by atomic mass is 35.5. The van der Waals surface area contributed by atoms with Gasteiger partial charge in [0, 0.05) is 16.5 Å². The molecule has 0 spiro atoms. The zero-order valence-corrected chi connectivity index (χ0v) is 15.8. The monoisotopic (exact) mass is 390 g/mol. The fraction of sp³-hybridized carbons (Fsp3) is 0.381. The molecule has 0 radical (unpaired) electrons. The van der Waals surface area contributed by atoms with Gasteiger partial charge in [-0.1, -0.05) is 60.1 Å². The molecule has 2 aromatic rings. The lowest BCUT2D eigenvalue weighted by Gasteiger charge is -2.43. The average molecular weight is 391 g/mol. The summed E-state index contributed by atoms with van der Waals surface area (Å²) in [4.78, 5) is 12.2. The second kappa shape index (κ2) is 8.40. The highest BCUT2D eigenvalue weighted by Gasteiger charge is 2.49. The minimum absolute atomic E-state index is 0.150. The molecule has 1 fully saturated rings. The molecule has 1 heterocycles. The molecule has 5 nitrogen and oxygen atoms in total. The van der Waals surface area contributed by atoms with E-state index in [-0.39, 0.29) is 13.2 Å². The Morgan fingerprint density at radius 2 is 1.85 bits per heavy atom. The predicted molar refractivity (Wildman–Crippen MR) is 101 cm³/mol. The van der Waals surface area contributed by atoms with Crippen LogP contribution in [0.3, 0.4) is 0 Å². The SMILES string of the molecule is CC(Cc1ccccc1)(C(=O)O)C1COC(c2ccccc2Cl)OC1CO. The van der Waals surface area contributed by atoms with Crippen molar-refractivity contribution in [3.63, 3.8) is 0 Å². The number of aliphatic hydroxyl groups excluding tert-OH is 1. The number of rotatable bonds is 6. The normalized spacial score (nSPS) is 24.9. The van der Waals surface area contributed by atoms with Crippen LogP contribution < -0.4 is 0 Å². The summed E-state index contributed by atoms with van der Waals surface area (Å²) in [6.07, 6.45) is -1.10. The van der Waals surface area contributed by atoms with Crippen molar-refractivity contribution in [2.24, 2.45) is 11.3 Å². The quantitative estimate of drug-likeness (QED) is 0.786. The number of hydrogen-bond acceptors (Lipinski definition) is 4. The van der Waals surface area contributed by atoms with Crippen LogP contribution in [0.4, 0.5) is 0 Å². The number of benzene rings is 2. The van der Waals surface area contributed by atoms with Gasteiger partial charge >= 0.3 is 5.97 Å². The second-order valence-corrected chi connectivity index (χ2v) is 7.44. The maximum absolute atomic E-state index is 12.2. The largest absolute Gasteiger partial charge is 0.481 e. The first-order valence-corrected chi connectivity index (χ1v) is 9.23. The molecule has 4 unspecified atom stereocenters. The number of ether oxygens (including phenoxy) is 2. The van der Waals surface area contributed by atoms with Gasteiger partial charge in [0.2, 0.25) is 0 Å². The van der Waals surface area contributed by atoms with E-state index >= 15 is 0 Å². The molecule has 6 heteroatoms. The van der Waals surface area contributed by atoms with E-state index in [4.69, 9.17) is 21.1 Å². The third-order valence-corrected chi connectivity index (χ3v) is 5.58. The number of halogens is 1. The lowest BCUT2D eigenvalue weighted by molar-refractivity contribution is -0.265. The summed E-state index contributed by atoms with van der Waals surface area (Å²) in [6.45, 7) is 1.53. The molecule has 0 aliphatic carbocycles. The Kier molecular flexibility index (Phi) is 6.17. The van der Waals surface area contributed by atoms with Gasteiger partial charge in [-0.25, -0.2) is 0 Å². The van der Waals surface area contributed by atoms with E-state index in [0.29, 0.717) is 17.0 Å². The summed E-state index contributed by atoms with van der Waals surface area (Å²) < 4.78 is 11.8. The van der Waals surface area contributed by atoms with Crippen LogP contribution in [0.2, 0.25) is 5.02 Å². The van der Waals surface area contributed by atoms with E-state index in [1.165, 1.54) is 0 Å². The molecule has 1 aliphatic rings. The number of aliphatic carboxylic acids is 1. The van der Waals surface area contributed by atoms with Crippen LogP contribution in [0.25, 0.3) is 0 Å². The molecule has 1 aliphatic heterocycles. The topological polar surface area (TPSA) is 76.0 Å². The van der Waals surface area contributed by atoms with Gasteiger partial charge < -0.3 is 19.7 Å². The van der Waals surface area contributed by atoms with Crippen molar-refractivity contribution < 1.29 is 24.5 Å². The Morgan fingerprint density at radius 3 is 2.48 bits per heavy atom. The molecule has 144 valence electrons. The van der Waals surface area contributed by atoms with E-state index in [0.717, 1.165) is 5.56 Å². The molecule has 0 amide bonds. The summed E-state index contributed by atoms with van der Waals surface area (Å²) in [5.74, 6) is -1.46. The predicted octanol–water partition coefficient (Wildman–Crippen LogP) is 3.70. The van der Waals surface area contributed by atoms with Crippen molar-refractivity contribution in [1.82, 2.24) is 0 Å². The van der Waals surface area contributed by atoms with Crippen molar-refractivity contribution >= 4 is 17.6 Å². The van der Waals surface area contributed by atoms with Crippen molar-refractivity contribution in [3.8, 4) is 0 Å². The van der Waals surface area contributed by atoms with Gasteiger partial charge in [0.25, 0.3) is 0 Å². The molecule has 0 bridgehead atoms. The first-order chi connectivity index (χ1) is 13.0. The second-order valence-electron chi connectivity index (χ2n) is 7.04. The van der Waals surface area contributed by atoms with Crippen LogP contribution in [0.5, 0.6) is 0 Å². The Bertz CT molecular complexity index is 781. The van der Waals surface area contributed by atoms with Crippen LogP contribution in [-0.4, -0.2) is 35.5 Å². The van der Waals surface area contributed by atoms with E-state index in [1.54, 1.807) is 19.1 Å². The summed E-state index contributed by atoms with van der Waals surface area (Å²) in [5, 5.41) is 20.4. The number of aliphatic hydroxyl groups is 1. The fourth-order valence-corrected chi connectivity index (χ4v) is 3.80. The standard InChI is InChI=1S/C21H23ClO5/c1-21(20(24)25,11-14-7-3-2-4-8-14)16-13-26-19(27-18(16)12-23)15-9-5-6-10-17(15)22/h2-10,16,18-19,23H,11-13H2,1H3,(H,24,25). The molecule has 2 aromatic carbocycles. The van der Waals surface area contributed by atoms with Gasteiger partial charge in [-0.15, -0.1) is 0 Å². The van der Waals surface area contributed by atoms with Crippen molar-refractivity contribution in [2.45, 2.75) is 25.7 Å². The zero-order chi connectivity index (χ0) is 19.4. The van der Waals surface area contributed by atoms with Crippen molar-refractivity contribution in [1.29, 1.82) is 0 Å². The lowest BCUT2D eigenvalue weighted by atomic mass is 9.70. The first kappa shape index (κ1) is 19.8. The Balaban J connectivity index is 1.84. The summed E-state index contributed by atoms with van der Waals surface area (Å²) in [6, 6.07) is 16.6. The van der Waals surface area contributed by atoms with E-state index in [9.17, 15) is 15.0 Å². The van der Waals surface area contributed by atoms with E-state index in [1.807, 2.05) is 42.5 Å². The summed E-state index contributed by atoms with van der Waals surface area (Å²) in [7, 11) is 0. The van der Waals surface area contributed by atoms with Crippen LogP contribution >= 0.6 is 11.6 Å². The lowest BCUT2D eigenvalue weighted by Crippen LogP contribution is -2.51.